The van der Waals surface area contributed by atoms with E-state index in [-0.39, 0.29) is 24.5 Å². The van der Waals surface area contributed by atoms with Gasteiger partial charge in [0, 0.05) is 32.2 Å². The minimum atomic E-state index is -4.61. The zero-order chi connectivity index (χ0) is 25.9. The molecule has 3 aromatic rings. The Balaban J connectivity index is 1.33. The van der Waals surface area contributed by atoms with E-state index in [0.29, 0.717) is 29.6 Å². The van der Waals surface area contributed by atoms with E-state index in [1.54, 1.807) is 24.3 Å². The van der Waals surface area contributed by atoms with Gasteiger partial charge in [-0.05, 0) is 42.8 Å². The molecule has 2 amide bonds. The Bertz CT molecular complexity index is 1260. The van der Waals surface area contributed by atoms with E-state index in [1.807, 2.05) is 11.8 Å². The van der Waals surface area contributed by atoms with Gasteiger partial charge in [-0.2, -0.15) is 13.2 Å². The molecular formula is C24H21ClF3N5O3. The molecule has 1 aliphatic rings. The Kier molecular flexibility index (Phi) is 7.30. The quantitative estimate of drug-likeness (QED) is 0.520. The van der Waals surface area contributed by atoms with E-state index >= 15 is 0 Å². The summed E-state index contributed by atoms with van der Waals surface area (Å²) in [5.74, 6) is -0.221. The molecule has 2 aromatic carbocycles. The summed E-state index contributed by atoms with van der Waals surface area (Å²) >= 11 is 6.10. The average molecular weight is 520 g/mol. The van der Waals surface area contributed by atoms with Crippen molar-refractivity contribution in [2.24, 2.45) is 0 Å². The Morgan fingerprint density at radius 3 is 2.36 bits per heavy atom. The summed E-state index contributed by atoms with van der Waals surface area (Å²) in [7, 11) is 0. The lowest BCUT2D eigenvalue weighted by atomic mass is 10.1. The molecule has 0 spiro atoms. The molecule has 2 heterocycles. The molecule has 1 aliphatic heterocycles. The van der Waals surface area contributed by atoms with Crippen molar-refractivity contribution in [2.45, 2.75) is 13.1 Å². The second-order valence-electron chi connectivity index (χ2n) is 8.05. The molecule has 0 bridgehead atoms. The van der Waals surface area contributed by atoms with Crippen LogP contribution in [-0.2, 0) is 6.18 Å². The van der Waals surface area contributed by atoms with Gasteiger partial charge in [0.25, 0.3) is 5.91 Å². The van der Waals surface area contributed by atoms with E-state index in [1.165, 1.54) is 29.2 Å². The van der Waals surface area contributed by atoms with Crippen molar-refractivity contribution in [3.63, 3.8) is 0 Å². The lowest BCUT2D eigenvalue weighted by Crippen LogP contribution is -2.49. The molecule has 4 rings (SSSR count). The SMILES string of the molecule is Cc1ccc(NC(=O)Oc2ccc(N3CCN(C(=O)c4ccccc4C(F)(F)F)CC3)nn2)c(Cl)c1. The van der Waals surface area contributed by atoms with Crippen molar-refractivity contribution < 1.29 is 27.5 Å². The summed E-state index contributed by atoms with van der Waals surface area (Å²) in [6.45, 7) is 2.99. The number of ether oxygens (including phenoxy) is 1. The maximum Gasteiger partial charge on any atom is 0.418 e. The van der Waals surface area contributed by atoms with Gasteiger partial charge in [-0.15, -0.1) is 10.2 Å². The van der Waals surface area contributed by atoms with Crippen LogP contribution in [-0.4, -0.2) is 53.3 Å². The van der Waals surface area contributed by atoms with Crippen LogP contribution in [0.1, 0.15) is 21.5 Å². The van der Waals surface area contributed by atoms with Gasteiger partial charge in [0.1, 0.15) is 0 Å². The van der Waals surface area contributed by atoms with Gasteiger partial charge in [0.05, 0.1) is 21.8 Å². The average Bonchev–Trinajstić information content (AvgIpc) is 2.85. The number of carbonyl (C=O) groups excluding carboxylic acids is 2. The van der Waals surface area contributed by atoms with Crippen LogP contribution in [0.3, 0.4) is 0 Å². The normalized spacial score (nSPS) is 13.9. The fourth-order valence-corrected chi connectivity index (χ4v) is 4.00. The van der Waals surface area contributed by atoms with Gasteiger partial charge < -0.3 is 14.5 Å². The van der Waals surface area contributed by atoms with Gasteiger partial charge in [0.2, 0.25) is 5.88 Å². The van der Waals surface area contributed by atoms with Crippen LogP contribution >= 0.6 is 11.6 Å². The third-order valence-corrected chi connectivity index (χ3v) is 5.85. The molecule has 1 fully saturated rings. The number of piperazine rings is 1. The summed E-state index contributed by atoms with van der Waals surface area (Å²) in [4.78, 5) is 28.1. The smallest absolute Gasteiger partial charge is 0.389 e. The maximum absolute atomic E-state index is 13.3. The fourth-order valence-electron chi connectivity index (χ4n) is 3.71. The molecule has 0 radical (unpaired) electrons. The molecule has 8 nitrogen and oxygen atoms in total. The minimum Gasteiger partial charge on any atom is -0.389 e. The number of nitrogens with zero attached hydrogens (tertiary/aromatic N) is 4. The molecule has 0 saturated carbocycles. The number of carbonyl (C=O) groups is 2. The molecule has 1 N–H and O–H groups in total. The van der Waals surface area contributed by atoms with Crippen LogP contribution in [0, 0.1) is 6.92 Å². The standard InChI is InChI=1S/C24H21ClF3N5O3/c1-15-6-7-19(18(25)14-15)29-23(35)36-21-9-8-20(30-31-21)32-10-12-33(13-11-32)22(34)16-4-2-3-5-17(16)24(26,27)28/h2-9,14H,10-13H2,1H3,(H,29,35). The van der Waals surface area contributed by atoms with Crippen LogP contribution in [0.25, 0.3) is 0 Å². The highest BCUT2D eigenvalue weighted by molar-refractivity contribution is 6.33. The van der Waals surface area contributed by atoms with Gasteiger partial charge >= 0.3 is 12.3 Å². The Hall–Kier alpha value is -3.86. The summed E-state index contributed by atoms with van der Waals surface area (Å²) in [5.41, 5.74) is 0.0105. The first-order valence-corrected chi connectivity index (χ1v) is 11.3. The number of anilines is 2. The summed E-state index contributed by atoms with van der Waals surface area (Å²) in [5, 5.41) is 10.9. The number of halogens is 4. The summed E-state index contributed by atoms with van der Waals surface area (Å²) in [6.07, 6.45) is -5.40. The second kappa shape index (κ2) is 10.4. The number of aromatic nitrogens is 2. The van der Waals surface area contributed by atoms with Crippen molar-refractivity contribution in [3.8, 4) is 5.88 Å². The van der Waals surface area contributed by atoms with Crippen LogP contribution in [0.4, 0.5) is 29.5 Å². The highest BCUT2D eigenvalue weighted by atomic mass is 35.5. The predicted octanol–water partition coefficient (Wildman–Crippen LogP) is 5.03. The van der Waals surface area contributed by atoms with Crippen molar-refractivity contribution in [3.05, 3.63) is 76.3 Å². The largest absolute Gasteiger partial charge is 0.418 e. The van der Waals surface area contributed by atoms with Gasteiger partial charge in [0.15, 0.2) is 5.82 Å². The number of hydrogen-bond donors (Lipinski definition) is 1. The van der Waals surface area contributed by atoms with Gasteiger partial charge in [-0.25, -0.2) is 4.79 Å². The lowest BCUT2D eigenvalue weighted by Gasteiger charge is -2.35. The molecule has 36 heavy (non-hydrogen) atoms. The fraction of sp³-hybridized carbons (Fsp3) is 0.250. The topological polar surface area (TPSA) is 87.7 Å². The predicted molar refractivity (Wildman–Crippen MR) is 127 cm³/mol. The highest BCUT2D eigenvalue weighted by Gasteiger charge is 2.36. The highest BCUT2D eigenvalue weighted by Crippen LogP contribution is 2.32. The zero-order valence-corrected chi connectivity index (χ0v) is 19.8. The Labute approximate surface area is 209 Å². The van der Waals surface area contributed by atoms with Crippen molar-refractivity contribution in [1.82, 2.24) is 15.1 Å². The molecule has 12 heteroatoms. The van der Waals surface area contributed by atoms with E-state index in [4.69, 9.17) is 16.3 Å². The number of amides is 2. The molecule has 1 saturated heterocycles. The maximum atomic E-state index is 13.3. The molecule has 0 atom stereocenters. The van der Waals surface area contributed by atoms with Crippen LogP contribution in [0.2, 0.25) is 5.02 Å². The van der Waals surface area contributed by atoms with E-state index in [0.717, 1.165) is 11.6 Å². The van der Waals surface area contributed by atoms with Gasteiger partial charge in [-0.3, -0.25) is 10.1 Å². The molecule has 1 aromatic heterocycles. The van der Waals surface area contributed by atoms with Gasteiger partial charge in [-0.1, -0.05) is 29.8 Å². The summed E-state index contributed by atoms with van der Waals surface area (Å²) in [6, 6.07) is 13.0. The summed E-state index contributed by atoms with van der Waals surface area (Å²) < 4.78 is 45.0. The first kappa shape index (κ1) is 25.2. The monoisotopic (exact) mass is 519 g/mol. The third-order valence-electron chi connectivity index (χ3n) is 5.54. The number of benzene rings is 2. The number of aryl methyl sites for hydroxylation is 1. The molecule has 188 valence electrons. The van der Waals surface area contributed by atoms with Crippen LogP contribution in [0.5, 0.6) is 5.88 Å². The van der Waals surface area contributed by atoms with Crippen LogP contribution < -0.4 is 15.0 Å². The van der Waals surface area contributed by atoms with Crippen molar-refractivity contribution in [1.29, 1.82) is 0 Å². The number of alkyl halides is 3. The van der Waals surface area contributed by atoms with E-state index < -0.39 is 23.7 Å². The molecular weight excluding hydrogens is 499 g/mol. The van der Waals surface area contributed by atoms with Crippen LogP contribution in [0.15, 0.2) is 54.6 Å². The first-order chi connectivity index (χ1) is 17.1. The number of nitrogens with one attached hydrogen (secondary N) is 1. The first-order valence-electron chi connectivity index (χ1n) is 10.9. The number of hydrogen-bond acceptors (Lipinski definition) is 6. The van der Waals surface area contributed by atoms with Crippen molar-refractivity contribution >= 4 is 35.1 Å². The second-order valence-corrected chi connectivity index (χ2v) is 8.46. The number of rotatable bonds is 4. The molecule has 0 unspecified atom stereocenters. The van der Waals surface area contributed by atoms with E-state index in [9.17, 15) is 22.8 Å². The Morgan fingerprint density at radius 2 is 1.72 bits per heavy atom. The van der Waals surface area contributed by atoms with Crippen molar-refractivity contribution in [2.75, 3.05) is 36.4 Å². The molecule has 0 aliphatic carbocycles. The van der Waals surface area contributed by atoms with E-state index in [2.05, 4.69) is 15.5 Å². The zero-order valence-electron chi connectivity index (χ0n) is 19.1. The third kappa shape index (κ3) is 5.85. The Morgan fingerprint density at radius 1 is 1.00 bits per heavy atom. The lowest BCUT2D eigenvalue weighted by molar-refractivity contribution is -0.138. The minimum absolute atomic E-state index is 0.0305.